The van der Waals surface area contributed by atoms with Gasteiger partial charge in [-0.2, -0.15) is 22.6 Å². The first kappa shape index (κ1) is 23.2. The maximum Gasteiger partial charge on any atom is 0.416 e. The predicted molar refractivity (Wildman–Crippen MR) is 101 cm³/mol. The van der Waals surface area contributed by atoms with Crippen molar-refractivity contribution in [2.75, 3.05) is 13.7 Å². The number of aromatic nitrogens is 2. The van der Waals surface area contributed by atoms with E-state index in [-0.39, 0.29) is 19.2 Å². The largest absolute Gasteiger partial charge is 0.465 e. The number of sulfonamides is 1. The highest BCUT2D eigenvalue weighted by molar-refractivity contribution is 7.89. The number of halogens is 4. The molecule has 1 atom stereocenters. The molecule has 1 aliphatic rings. The normalized spacial score (nSPS) is 16.9. The van der Waals surface area contributed by atoms with Crippen molar-refractivity contribution in [1.29, 1.82) is 0 Å². The molecule has 0 N–H and O–H groups in total. The standard InChI is InChI=1S/C19H21F4N3O4S/c1-3-30-18(27)11-26-17-6-4-5-16(15(17)10-24-26)25(2)31(28,29)14-8-12(19(21,22)23)7-13(20)9-14/h7-10,16H,3-6,11H2,1-2H3/t16-/m1/s1. The lowest BCUT2D eigenvalue weighted by atomic mass is 9.93. The van der Waals surface area contributed by atoms with Gasteiger partial charge in [-0.15, -0.1) is 0 Å². The fourth-order valence-electron chi connectivity index (χ4n) is 3.65. The molecule has 2 aromatic rings. The molecule has 0 unspecified atom stereocenters. The molecule has 0 spiro atoms. The van der Waals surface area contributed by atoms with E-state index in [1.54, 1.807) is 6.92 Å². The topological polar surface area (TPSA) is 81.5 Å². The second kappa shape index (κ2) is 8.58. The average molecular weight is 463 g/mol. The molecule has 12 heteroatoms. The Kier molecular flexibility index (Phi) is 6.42. The highest BCUT2D eigenvalue weighted by Gasteiger charge is 2.37. The van der Waals surface area contributed by atoms with E-state index in [1.807, 2.05) is 0 Å². The Balaban J connectivity index is 1.94. The molecule has 0 bridgehead atoms. The van der Waals surface area contributed by atoms with Crippen molar-refractivity contribution in [1.82, 2.24) is 14.1 Å². The van der Waals surface area contributed by atoms with Crippen LogP contribution in [0, 0.1) is 5.82 Å². The molecule has 3 rings (SSSR count). The first-order chi connectivity index (χ1) is 14.4. The molecule has 0 saturated carbocycles. The van der Waals surface area contributed by atoms with Gasteiger partial charge < -0.3 is 4.74 Å². The highest BCUT2D eigenvalue weighted by atomic mass is 32.2. The van der Waals surface area contributed by atoms with Crippen LogP contribution in [-0.4, -0.2) is 42.1 Å². The number of rotatable bonds is 6. The smallest absolute Gasteiger partial charge is 0.416 e. The van der Waals surface area contributed by atoms with Gasteiger partial charge in [0.05, 0.1) is 29.3 Å². The Morgan fingerprint density at radius 2 is 2.03 bits per heavy atom. The zero-order chi connectivity index (χ0) is 23.0. The van der Waals surface area contributed by atoms with Gasteiger partial charge in [0, 0.05) is 18.3 Å². The number of fused-ring (bicyclic) bond motifs is 1. The van der Waals surface area contributed by atoms with Crippen molar-refractivity contribution < 1.29 is 35.5 Å². The van der Waals surface area contributed by atoms with Gasteiger partial charge in [-0.25, -0.2) is 12.8 Å². The molecule has 7 nitrogen and oxygen atoms in total. The number of nitrogens with zero attached hydrogens (tertiary/aromatic N) is 3. The van der Waals surface area contributed by atoms with Crippen molar-refractivity contribution in [2.24, 2.45) is 0 Å². The van der Waals surface area contributed by atoms with Crippen LogP contribution in [-0.2, 0) is 38.7 Å². The fraction of sp³-hybridized carbons (Fsp3) is 0.474. The van der Waals surface area contributed by atoms with Crippen molar-refractivity contribution in [3.63, 3.8) is 0 Å². The number of hydrogen-bond donors (Lipinski definition) is 0. The molecule has 0 fully saturated rings. The molecule has 1 aromatic carbocycles. The van der Waals surface area contributed by atoms with E-state index in [1.165, 1.54) is 17.9 Å². The summed E-state index contributed by atoms with van der Waals surface area (Å²) in [6.45, 7) is 1.74. The molecule has 1 aromatic heterocycles. The zero-order valence-corrected chi connectivity index (χ0v) is 17.6. The highest BCUT2D eigenvalue weighted by Crippen LogP contribution is 2.38. The van der Waals surface area contributed by atoms with E-state index in [0.29, 0.717) is 42.7 Å². The number of ether oxygens (including phenoxy) is 1. The van der Waals surface area contributed by atoms with Crippen molar-refractivity contribution >= 4 is 16.0 Å². The summed E-state index contributed by atoms with van der Waals surface area (Å²) < 4.78 is 86.2. The van der Waals surface area contributed by atoms with Crippen LogP contribution in [0.4, 0.5) is 17.6 Å². The minimum atomic E-state index is -4.89. The minimum absolute atomic E-state index is 0.134. The molecule has 0 saturated heterocycles. The Morgan fingerprint density at radius 1 is 1.32 bits per heavy atom. The third-order valence-corrected chi connectivity index (χ3v) is 6.97. The van der Waals surface area contributed by atoms with Crippen LogP contribution < -0.4 is 0 Å². The number of alkyl halides is 3. The van der Waals surface area contributed by atoms with E-state index in [0.717, 1.165) is 4.31 Å². The maximum absolute atomic E-state index is 13.8. The monoisotopic (exact) mass is 463 g/mol. The summed E-state index contributed by atoms with van der Waals surface area (Å²) in [4.78, 5) is 11.0. The van der Waals surface area contributed by atoms with Gasteiger partial charge in [0.15, 0.2) is 0 Å². The maximum atomic E-state index is 13.8. The van der Waals surface area contributed by atoms with Gasteiger partial charge in [-0.1, -0.05) is 0 Å². The SMILES string of the molecule is CCOC(=O)Cn1ncc2c1CCC[C@H]2N(C)S(=O)(=O)c1cc(F)cc(C(F)(F)F)c1. The molecule has 0 aliphatic heterocycles. The van der Waals surface area contributed by atoms with Crippen LogP contribution in [0.25, 0.3) is 0 Å². The van der Waals surface area contributed by atoms with E-state index in [4.69, 9.17) is 4.74 Å². The number of carbonyl (C=O) groups is 1. The summed E-state index contributed by atoms with van der Waals surface area (Å²) in [5.74, 6) is -1.79. The van der Waals surface area contributed by atoms with Gasteiger partial charge >= 0.3 is 12.1 Å². The van der Waals surface area contributed by atoms with E-state index in [9.17, 15) is 30.8 Å². The van der Waals surface area contributed by atoms with Gasteiger partial charge in [-0.05, 0) is 44.4 Å². The van der Waals surface area contributed by atoms with Crippen LogP contribution in [0.5, 0.6) is 0 Å². The second-order valence-corrected chi connectivity index (χ2v) is 9.11. The molecular formula is C19H21F4N3O4S. The third kappa shape index (κ3) is 4.74. The molecule has 1 aliphatic carbocycles. The zero-order valence-electron chi connectivity index (χ0n) is 16.8. The average Bonchev–Trinajstić information content (AvgIpc) is 3.09. The first-order valence-electron chi connectivity index (χ1n) is 9.51. The van der Waals surface area contributed by atoms with Crippen LogP contribution in [0.3, 0.4) is 0 Å². The molecule has 170 valence electrons. The summed E-state index contributed by atoms with van der Waals surface area (Å²) in [6.07, 6.45) is -1.93. The summed E-state index contributed by atoms with van der Waals surface area (Å²) in [7, 11) is -3.21. The van der Waals surface area contributed by atoms with Crippen molar-refractivity contribution in [2.45, 2.75) is 49.8 Å². The quantitative estimate of drug-likeness (QED) is 0.485. The summed E-state index contributed by atoms with van der Waals surface area (Å²) in [5, 5.41) is 4.15. The van der Waals surface area contributed by atoms with E-state index in [2.05, 4.69) is 5.10 Å². The number of carbonyl (C=O) groups excluding carboxylic acids is 1. The van der Waals surface area contributed by atoms with Crippen LogP contribution in [0.1, 0.15) is 42.6 Å². The lowest BCUT2D eigenvalue weighted by molar-refractivity contribution is -0.144. The van der Waals surface area contributed by atoms with E-state index >= 15 is 0 Å². The Bertz CT molecular complexity index is 1080. The predicted octanol–water partition coefficient (Wildman–Crippen LogP) is 3.30. The Morgan fingerprint density at radius 3 is 2.68 bits per heavy atom. The van der Waals surface area contributed by atoms with Crippen molar-refractivity contribution in [3.8, 4) is 0 Å². The van der Waals surface area contributed by atoms with Crippen LogP contribution in [0.15, 0.2) is 29.3 Å². The van der Waals surface area contributed by atoms with Gasteiger partial charge in [0.25, 0.3) is 0 Å². The summed E-state index contributed by atoms with van der Waals surface area (Å²) in [6, 6.07) is 0.511. The first-order valence-corrected chi connectivity index (χ1v) is 10.9. The fourth-order valence-corrected chi connectivity index (χ4v) is 5.07. The second-order valence-electron chi connectivity index (χ2n) is 7.11. The van der Waals surface area contributed by atoms with Gasteiger partial charge in [0.1, 0.15) is 12.4 Å². The number of esters is 1. The van der Waals surface area contributed by atoms with Crippen molar-refractivity contribution in [3.05, 3.63) is 47.0 Å². The lowest BCUT2D eigenvalue weighted by Crippen LogP contribution is -2.33. The Labute approximate surface area is 176 Å². The van der Waals surface area contributed by atoms with Crippen LogP contribution in [0.2, 0.25) is 0 Å². The minimum Gasteiger partial charge on any atom is -0.465 e. The third-order valence-electron chi connectivity index (χ3n) is 5.13. The molecule has 0 amide bonds. The van der Waals surface area contributed by atoms with Gasteiger partial charge in [-0.3, -0.25) is 9.48 Å². The molecular weight excluding hydrogens is 442 g/mol. The molecule has 31 heavy (non-hydrogen) atoms. The number of hydrogen-bond acceptors (Lipinski definition) is 5. The van der Waals surface area contributed by atoms with Crippen LogP contribution >= 0.6 is 0 Å². The molecule has 1 heterocycles. The summed E-state index contributed by atoms with van der Waals surface area (Å²) >= 11 is 0. The van der Waals surface area contributed by atoms with Gasteiger partial charge in [0.2, 0.25) is 10.0 Å². The Hall–Kier alpha value is -2.47. The van der Waals surface area contributed by atoms with E-state index < -0.39 is 44.5 Å². The number of benzene rings is 1. The molecule has 0 radical (unpaired) electrons. The lowest BCUT2D eigenvalue weighted by Gasteiger charge is -2.31. The summed E-state index contributed by atoms with van der Waals surface area (Å²) in [5.41, 5.74) is -0.179.